The third kappa shape index (κ3) is 1.11. The van der Waals surface area contributed by atoms with Crippen LogP contribution in [-0.2, 0) is 0 Å². The Morgan fingerprint density at radius 2 is 1.93 bits per heavy atom. The standard InChI is InChI=1S/C12H9NO2/c14-12(15)7-3-6-10-11(12)8-4-1-2-5-9(8)13-10/h1-7,14-15H. The van der Waals surface area contributed by atoms with Gasteiger partial charge in [-0.2, -0.15) is 0 Å². The Bertz CT molecular complexity index is 609. The van der Waals surface area contributed by atoms with Gasteiger partial charge in [-0.15, -0.1) is 0 Å². The van der Waals surface area contributed by atoms with E-state index in [4.69, 9.17) is 0 Å². The highest BCUT2D eigenvalue weighted by Gasteiger charge is 2.33. The second-order valence-corrected chi connectivity index (χ2v) is 3.64. The molecule has 0 aromatic heterocycles. The van der Waals surface area contributed by atoms with Crippen molar-refractivity contribution >= 4 is 5.57 Å². The molecule has 3 nitrogen and oxygen atoms in total. The predicted molar refractivity (Wildman–Crippen MR) is 55.0 cm³/mol. The molecule has 74 valence electrons. The molecule has 0 fully saturated rings. The van der Waals surface area contributed by atoms with Crippen molar-refractivity contribution in [1.29, 1.82) is 0 Å². The number of fused-ring (bicyclic) bond motifs is 2. The van der Waals surface area contributed by atoms with E-state index in [-0.39, 0.29) is 0 Å². The summed E-state index contributed by atoms with van der Waals surface area (Å²) >= 11 is 0. The van der Waals surface area contributed by atoms with Crippen molar-refractivity contribution in [3.63, 3.8) is 0 Å². The number of para-hydroxylation sites is 1. The lowest BCUT2D eigenvalue weighted by atomic mass is 9.97. The Labute approximate surface area is 86.0 Å². The lowest BCUT2D eigenvalue weighted by molar-refractivity contribution is -0.0655. The SMILES string of the molecule is OC1(O)C=CC=C2N=c3ccccc3=C21. The lowest BCUT2D eigenvalue weighted by Crippen LogP contribution is -2.35. The zero-order valence-electron chi connectivity index (χ0n) is 7.88. The Balaban J connectivity index is 2.47. The van der Waals surface area contributed by atoms with Crippen molar-refractivity contribution in [2.45, 2.75) is 5.79 Å². The number of benzene rings is 1. The first kappa shape index (κ1) is 8.59. The van der Waals surface area contributed by atoms with Crippen LogP contribution in [0.1, 0.15) is 0 Å². The van der Waals surface area contributed by atoms with Crippen molar-refractivity contribution in [3.8, 4) is 0 Å². The molecule has 2 N–H and O–H groups in total. The Morgan fingerprint density at radius 1 is 1.13 bits per heavy atom. The van der Waals surface area contributed by atoms with Crippen molar-refractivity contribution in [1.82, 2.24) is 0 Å². The topological polar surface area (TPSA) is 52.8 Å². The predicted octanol–water partition coefficient (Wildman–Crippen LogP) is -0.395. The first-order chi connectivity index (χ1) is 7.18. The smallest absolute Gasteiger partial charge is 0.213 e. The first-order valence-corrected chi connectivity index (χ1v) is 4.72. The normalized spacial score (nSPS) is 20.4. The molecule has 1 aromatic carbocycles. The van der Waals surface area contributed by atoms with Gasteiger partial charge in [0, 0.05) is 10.8 Å². The Hall–Kier alpha value is -1.71. The van der Waals surface area contributed by atoms with Crippen molar-refractivity contribution < 1.29 is 10.2 Å². The van der Waals surface area contributed by atoms with E-state index >= 15 is 0 Å². The Kier molecular flexibility index (Phi) is 1.52. The van der Waals surface area contributed by atoms with Crippen LogP contribution in [0.15, 0.2) is 53.2 Å². The summed E-state index contributed by atoms with van der Waals surface area (Å²) < 4.78 is 0. The van der Waals surface area contributed by atoms with Gasteiger partial charge in [0.25, 0.3) is 0 Å². The molecule has 0 saturated carbocycles. The average molecular weight is 199 g/mol. The minimum atomic E-state index is -1.90. The number of rotatable bonds is 0. The summed E-state index contributed by atoms with van der Waals surface area (Å²) in [5, 5.41) is 21.2. The number of hydrogen-bond donors (Lipinski definition) is 2. The van der Waals surface area contributed by atoms with Crippen LogP contribution in [0.5, 0.6) is 0 Å². The quantitative estimate of drug-likeness (QED) is 0.559. The molecule has 1 heterocycles. The van der Waals surface area contributed by atoms with Gasteiger partial charge in [0.1, 0.15) is 0 Å². The molecule has 15 heavy (non-hydrogen) atoms. The maximum Gasteiger partial charge on any atom is 0.213 e. The third-order valence-electron chi connectivity index (χ3n) is 2.62. The van der Waals surface area contributed by atoms with E-state index in [1.54, 1.807) is 12.2 Å². The van der Waals surface area contributed by atoms with E-state index in [0.717, 1.165) is 10.6 Å². The zero-order valence-corrected chi connectivity index (χ0v) is 7.88. The second kappa shape index (κ2) is 2.66. The fourth-order valence-electron chi connectivity index (χ4n) is 1.97. The van der Waals surface area contributed by atoms with Gasteiger partial charge in [-0.1, -0.05) is 24.3 Å². The number of hydrogen-bond acceptors (Lipinski definition) is 3. The summed E-state index contributed by atoms with van der Waals surface area (Å²) in [5.74, 6) is -1.90. The molecular formula is C12H9NO2. The Morgan fingerprint density at radius 3 is 2.80 bits per heavy atom. The minimum Gasteiger partial charge on any atom is -0.359 e. The monoisotopic (exact) mass is 199 g/mol. The van der Waals surface area contributed by atoms with Crippen LogP contribution in [0.4, 0.5) is 0 Å². The molecule has 0 atom stereocenters. The largest absolute Gasteiger partial charge is 0.359 e. The van der Waals surface area contributed by atoms with Gasteiger partial charge in [-0.3, -0.25) is 0 Å². The molecule has 3 heteroatoms. The molecular weight excluding hydrogens is 190 g/mol. The fourth-order valence-corrected chi connectivity index (χ4v) is 1.97. The van der Waals surface area contributed by atoms with E-state index in [0.29, 0.717) is 11.3 Å². The van der Waals surface area contributed by atoms with Crippen LogP contribution in [0, 0.1) is 0 Å². The van der Waals surface area contributed by atoms with Gasteiger partial charge in [0.15, 0.2) is 0 Å². The molecule has 3 rings (SSSR count). The van der Waals surface area contributed by atoms with Crippen LogP contribution in [-0.4, -0.2) is 16.0 Å². The molecule has 0 radical (unpaired) electrons. The van der Waals surface area contributed by atoms with Crippen LogP contribution in [0.2, 0.25) is 0 Å². The van der Waals surface area contributed by atoms with Gasteiger partial charge in [-0.25, -0.2) is 4.99 Å². The summed E-state index contributed by atoms with van der Waals surface area (Å²) in [4.78, 5) is 4.32. The number of aliphatic hydroxyl groups is 2. The highest BCUT2D eigenvalue weighted by atomic mass is 16.5. The summed E-state index contributed by atoms with van der Waals surface area (Å²) in [7, 11) is 0. The maximum atomic E-state index is 9.82. The lowest BCUT2D eigenvalue weighted by Gasteiger charge is -2.22. The second-order valence-electron chi connectivity index (χ2n) is 3.64. The van der Waals surface area contributed by atoms with Gasteiger partial charge in [-0.05, 0) is 18.2 Å². The van der Waals surface area contributed by atoms with E-state index in [1.807, 2.05) is 24.3 Å². The molecule has 1 aliphatic heterocycles. The zero-order chi connectivity index (χ0) is 10.5. The van der Waals surface area contributed by atoms with Crippen LogP contribution >= 0.6 is 0 Å². The summed E-state index contributed by atoms with van der Waals surface area (Å²) in [5.41, 5.74) is 1.10. The molecule has 0 amide bonds. The third-order valence-corrected chi connectivity index (χ3v) is 2.62. The van der Waals surface area contributed by atoms with Gasteiger partial charge in [0.2, 0.25) is 5.79 Å². The van der Waals surface area contributed by atoms with Crippen molar-refractivity contribution in [3.05, 3.63) is 58.8 Å². The molecule has 1 aliphatic carbocycles. The van der Waals surface area contributed by atoms with Gasteiger partial charge < -0.3 is 10.2 Å². The summed E-state index contributed by atoms with van der Waals surface area (Å²) in [6.07, 6.45) is 4.73. The van der Waals surface area contributed by atoms with Gasteiger partial charge in [0.05, 0.1) is 11.1 Å². The van der Waals surface area contributed by atoms with Crippen LogP contribution in [0.3, 0.4) is 0 Å². The molecule has 2 aliphatic rings. The molecule has 0 saturated heterocycles. The first-order valence-electron chi connectivity index (χ1n) is 4.72. The fraction of sp³-hybridized carbons (Fsp3) is 0.0833. The molecule has 0 unspecified atom stereocenters. The van der Waals surface area contributed by atoms with Crippen LogP contribution < -0.4 is 10.6 Å². The van der Waals surface area contributed by atoms with E-state index in [1.165, 1.54) is 6.08 Å². The summed E-state index contributed by atoms with van der Waals surface area (Å²) in [6.45, 7) is 0. The van der Waals surface area contributed by atoms with E-state index < -0.39 is 5.79 Å². The van der Waals surface area contributed by atoms with Crippen molar-refractivity contribution in [2.24, 2.45) is 4.99 Å². The molecule has 1 aromatic rings. The molecule has 0 bridgehead atoms. The van der Waals surface area contributed by atoms with Crippen LogP contribution in [0.25, 0.3) is 5.57 Å². The molecule has 0 spiro atoms. The highest BCUT2D eigenvalue weighted by molar-refractivity contribution is 5.75. The minimum absolute atomic E-state index is 0.473. The van der Waals surface area contributed by atoms with Gasteiger partial charge >= 0.3 is 0 Å². The number of allylic oxidation sites excluding steroid dienone is 2. The summed E-state index contributed by atoms with van der Waals surface area (Å²) in [6, 6.07) is 7.44. The highest BCUT2D eigenvalue weighted by Crippen LogP contribution is 2.29. The average Bonchev–Trinajstić information content (AvgIpc) is 2.56. The van der Waals surface area contributed by atoms with E-state index in [2.05, 4.69) is 4.99 Å². The van der Waals surface area contributed by atoms with E-state index in [9.17, 15) is 10.2 Å². The maximum absolute atomic E-state index is 9.82. The number of nitrogens with zero attached hydrogens (tertiary/aromatic N) is 1. The van der Waals surface area contributed by atoms with Crippen molar-refractivity contribution in [2.75, 3.05) is 0 Å².